The van der Waals surface area contributed by atoms with Gasteiger partial charge in [0.1, 0.15) is 6.04 Å². The highest BCUT2D eigenvalue weighted by Gasteiger charge is 2.37. The Hall–Kier alpha value is -2.71. The van der Waals surface area contributed by atoms with Crippen molar-refractivity contribution in [3.05, 3.63) is 12.7 Å². The number of nitrogens with one attached hydrogen (secondary N) is 3. The van der Waals surface area contributed by atoms with E-state index >= 15 is 0 Å². The molecule has 154 valence electrons. The van der Waals surface area contributed by atoms with Crippen LogP contribution < -0.4 is 16.0 Å². The third-order valence-corrected chi connectivity index (χ3v) is 5.27. The molecule has 0 aromatic carbocycles. The number of likely N-dealkylation sites (tertiary alicyclic amines) is 1. The lowest BCUT2D eigenvalue weighted by atomic mass is 9.80. The molecule has 1 saturated carbocycles. The SMILES string of the molecule is C=CCNC(=O)C(=O)C(CC1CCC1)NC(=O)C1CCCN1C(=O)CNC=O. The van der Waals surface area contributed by atoms with Crippen LogP contribution in [0.3, 0.4) is 0 Å². The first-order valence-corrected chi connectivity index (χ1v) is 9.67. The van der Waals surface area contributed by atoms with Gasteiger partial charge in [-0.15, -0.1) is 6.58 Å². The molecule has 2 unspecified atom stereocenters. The Bertz CT molecular complexity index is 632. The molecule has 9 heteroatoms. The Morgan fingerprint density at radius 1 is 1.14 bits per heavy atom. The first kappa shape index (κ1) is 21.6. The van der Waals surface area contributed by atoms with Crippen molar-refractivity contribution < 1.29 is 24.0 Å². The molecule has 9 nitrogen and oxygen atoms in total. The van der Waals surface area contributed by atoms with Crippen LogP contribution in [-0.4, -0.2) is 66.5 Å². The fourth-order valence-corrected chi connectivity index (χ4v) is 3.54. The zero-order valence-corrected chi connectivity index (χ0v) is 15.9. The maximum atomic E-state index is 12.8. The first-order valence-electron chi connectivity index (χ1n) is 9.67. The van der Waals surface area contributed by atoms with Crippen molar-refractivity contribution in [1.29, 1.82) is 0 Å². The fourth-order valence-electron chi connectivity index (χ4n) is 3.54. The minimum absolute atomic E-state index is 0.170. The Balaban J connectivity index is 2.02. The zero-order chi connectivity index (χ0) is 20.5. The average Bonchev–Trinajstić information content (AvgIpc) is 3.15. The van der Waals surface area contributed by atoms with Crippen LogP contribution in [0, 0.1) is 5.92 Å². The van der Waals surface area contributed by atoms with E-state index in [0.29, 0.717) is 38.1 Å². The maximum Gasteiger partial charge on any atom is 0.289 e. The van der Waals surface area contributed by atoms with Crippen molar-refractivity contribution in [2.75, 3.05) is 19.6 Å². The number of ketones is 1. The average molecular weight is 392 g/mol. The highest BCUT2D eigenvalue weighted by atomic mass is 16.2. The smallest absolute Gasteiger partial charge is 0.289 e. The van der Waals surface area contributed by atoms with Crippen LogP contribution in [0.1, 0.15) is 38.5 Å². The predicted octanol–water partition coefficient (Wildman–Crippen LogP) is -0.730. The van der Waals surface area contributed by atoms with Gasteiger partial charge in [-0.1, -0.05) is 25.3 Å². The molecule has 1 aliphatic carbocycles. The van der Waals surface area contributed by atoms with E-state index in [1.54, 1.807) is 0 Å². The van der Waals surface area contributed by atoms with Gasteiger partial charge in [0.25, 0.3) is 5.91 Å². The monoisotopic (exact) mass is 392 g/mol. The van der Waals surface area contributed by atoms with Gasteiger partial charge in [-0.2, -0.15) is 0 Å². The van der Waals surface area contributed by atoms with Gasteiger partial charge in [0.05, 0.1) is 12.6 Å². The number of carbonyl (C=O) groups is 5. The van der Waals surface area contributed by atoms with Crippen molar-refractivity contribution in [2.45, 2.75) is 50.6 Å². The molecule has 0 radical (unpaired) electrons. The lowest BCUT2D eigenvalue weighted by Crippen LogP contribution is -2.54. The molecule has 1 aliphatic heterocycles. The minimum Gasteiger partial charge on any atom is -0.350 e. The van der Waals surface area contributed by atoms with E-state index in [4.69, 9.17) is 0 Å². The van der Waals surface area contributed by atoms with Crippen molar-refractivity contribution in [3.63, 3.8) is 0 Å². The van der Waals surface area contributed by atoms with Crippen LogP contribution in [0.5, 0.6) is 0 Å². The second-order valence-corrected chi connectivity index (χ2v) is 7.20. The molecule has 0 aromatic heterocycles. The summed E-state index contributed by atoms with van der Waals surface area (Å²) in [5, 5.41) is 7.45. The summed E-state index contributed by atoms with van der Waals surface area (Å²) in [7, 11) is 0. The summed E-state index contributed by atoms with van der Waals surface area (Å²) in [5.74, 6) is -1.92. The summed E-state index contributed by atoms with van der Waals surface area (Å²) in [6.45, 7) is 3.90. The molecule has 2 aliphatic rings. The third kappa shape index (κ3) is 5.64. The van der Waals surface area contributed by atoms with E-state index < -0.39 is 29.7 Å². The summed E-state index contributed by atoms with van der Waals surface area (Å²) >= 11 is 0. The molecule has 1 saturated heterocycles. The van der Waals surface area contributed by atoms with Gasteiger partial charge in [-0.3, -0.25) is 24.0 Å². The molecule has 2 atom stereocenters. The topological polar surface area (TPSA) is 125 Å². The molecular formula is C19H28N4O5. The number of carbonyl (C=O) groups excluding carboxylic acids is 5. The molecule has 0 spiro atoms. The number of hydrogen-bond donors (Lipinski definition) is 3. The van der Waals surface area contributed by atoms with E-state index in [0.717, 1.165) is 19.3 Å². The summed E-state index contributed by atoms with van der Waals surface area (Å²) in [6.07, 6.45) is 6.48. The van der Waals surface area contributed by atoms with Crippen LogP contribution in [0.4, 0.5) is 0 Å². The van der Waals surface area contributed by atoms with Gasteiger partial charge < -0.3 is 20.9 Å². The Kier molecular flexibility index (Phi) is 8.16. The number of hydrogen-bond acceptors (Lipinski definition) is 5. The van der Waals surface area contributed by atoms with E-state index in [2.05, 4.69) is 22.5 Å². The zero-order valence-electron chi connectivity index (χ0n) is 15.9. The second kappa shape index (κ2) is 10.6. The van der Waals surface area contributed by atoms with Crippen LogP contribution in [-0.2, 0) is 24.0 Å². The largest absolute Gasteiger partial charge is 0.350 e. The molecule has 0 aromatic rings. The summed E-state index contributed by atoms with van der Waals surface area (Å²) in [6, 6.07) is -1.61. The van der Waals surface area contributed by atoms with Gasteiger partial charge in [0.2, 0.25) is 24.0 Å². The van der Waals surface area contributed by atoms with Gasteiger partial charge in [-0.25, -0.2) is 0 Å². The van der Waals surface area contributed by atoms with Gasteiger partial charge in [0.15, 0.2) is 0 Å². The molecule has 4 amide bonds. The number of amides is 4. The minimum atomic E-state index is -0.909. The number of Topliss-reactive ketones (excluding diaryl/α,β-unsaturated/α-hetero) is 1. The quantitative estimate of drug-likeness (QED) is 0.243. The highest BCUT2D eigenvalue weighted by molar-refractivity contribution is 6.38. The third-order valence-electron chi connectivity index (χ3n) is 5.27. The van der Waals surface area contributed by atoms with Crippen molar-refractivity contribution in [3.8, 4) is 0 Å². The van der Waals surface area contributed by atoms with E-state index in [1.165, 1.54) is 11.0 Å². The highest BCUT2D eigenvalue weighted by Crippen LogP contribution is 2.31. The standard InChI is InChI=1S/C19H28N4O5/c1-2-8-21-19(28)17(26)14(10-13-5-3-6-13)22-18(27)15-7-4-9-23(15)16(25)11-20-12-24/h2,12-15H,1,3-11H2,(H,20,24)(H,21,28)(H,22,27). The predicted molar refractivity (Wildman–Crippen MR) is 101 cm³/mol. The number of rotatable bonds is 11. The Labute approximate surface area is 164 Å². The lowest BCUT2D eigenvalue weighted by molar-refractivity contribution is -0.142. The van der Waals surface area contributed by atoms with E-state index in [-0.39, 0.29) is 19.0 Å². The molecule has 2 rings (SSSR count). The van der Waals surface area contributed by atoms with Gasteiger partial charge in [0, 0.05) is 13.1 Å². The van der Waals surface area contributed by atoms with Crippen molar-refractivity contribution in [1.82, 2.24) is 20.9 Å². The molecule has 0 bridgehead atoms. The van der Waals surface area contributed by atoms with Crippen molar-refractivity contribution >= 4 is 29.9 Å². The van der Waals surface area contributed by atoms with Crippen molar-refractivity contribution in [2.24, 2.45) is 5.92 Å². The second-order valence-electron chi connectivity index (χ2n) is 7.20. The first-order chi connectivity index (χ1) is 13.5. The maximum absolute atomic E-state index is 12.8. The lowest BCUT2D eigenvalue weighted by Gasteiger charge is -2.31. The Morgan fingerprint density at radius 2 is 1.89 bits per heavy atom. The van der Waals surface area contributed by atoms with Gasteiger partial charge >= 0.3 is 0 Å². The number of nitrogens with zero attached hydrogens (tertiary/aromatic N) is 1. The molecule has 28 heavy (non-hydrogen) atoms. The summed E-state index contributed by atoms with van der Waals surface area (Å²) < 4.78 is 0. The fraction of sp³-hybridized carbons (Fsp3) is 0.632. The Morgan fingerprint density at radius 3 is 2.50 bits per heavy atom. The van der Waals surface area contributed by atoms with Crippen LogP contribution >= 0.6 is 0 Å². The molecule has 2 fully saturated rings. The molecule has 1 heterocycles. The summed E-state index contributed by atoms with van der Waals surface area (Å²) in [5.41, 5.74) is 0. The van der Waals surface area contributed by atoms with Gasteiger partial charge in [-0.05, 0) is 25.2 Å². The van der Waals surface area contributed by atoms with E-state index in [1.807, 2.05) is 0 Å². The summed E-state index contributed by atoms with van der Waals surface area (Å²) in [4.78, 5) is 61.4. The molecular weight excluding hydrogens is 364 g/mol. The van der Waals surface area contributed by atoms with Crippen LogP contribution in [0.2, 0.25) is 0 Å². The van der Waals surface area contributed by atoms with Crippen LogP contribution in [0.25, 0.3) is 0 Å². The van der Waals surface area contributed by atoms with E-state index in [9.17, 15) is 24.0 Å². The molecule has 3 N–H and O–H groups in total. The normalized spacial score (nSPS) is 19.9. The van der Waals surface area contributed by atoms with Crippen LogP contribution in [0.15, 0.2) is 12.7 Å².